The lowest BCUT2D eigenvalue weighted by atomic mass is 10.2. The van der Waals surface area contributed by atoms with Crippen molar-refractivity contribution in [3.05, 3.63) is 85.0 Å². The van der Waals surface area contributed by atoms with Crippen LogP contribution in [-0.2, 0) is 6.54 Å². The second-order valence-corrected chi connectivity index (χ2v) is 6.43. The summed E-state index contributed by atoms with van der Waals surface area (Å²) in [5.41, 5.74) is 0.255. The molecule has 26 heavy (non-hydrogen) atoms. The fraction of sp³-hybridized carbons (Fsp3) is 0.0588. The molecule has 7 nitrogen and oxygen atoms in total. The van der Waals surface area contributed by atoms with Crippen molar-refractivity contribution in [2.45, 2.75) is 6.54 Å². The molecule has 0 bridgehead atoms. The standard InChI is InChI=1S/C17H11Cl2N5O2/c18-11-5-3-6-12(8-11)24-16(25)14-15(20-17(24)26)23(22-21-14)9-10-4-1-2-7-13(10)19/h1-8H,9H2,(H,20,26). The number of H-pyrrole nitrogens is 1. The Morgan fingerprint density at radius 3 is 2.62 bits per heavy atom. The van der Waals surface area contributed by atoms with Crippen LogP contribution >= 0.6 is 23.2 Å². The van der Waals surface area contributed by atoms with Crippen molar-refractivity contribution in [3.63, 3.8) is 0 Å². The molecule has 0 aliphatic rings. The van der Waals surface area contributed by atoms with Crippen molar-refractivity contribution >= 4 is 34.4 Å². The number of fused-ring (bicyclic) bond motifs is 1. The van der Waals surface area contributed by atoms with Crippen molar-refractivity contribution < 1.29 is 0 Å². The van der Waals surface area contributed by atoms with Gasteiger partial charge in [0, 0.05) is 10.0 Å². The van der Waals surface area contributed by atoms with Crippen LogP contribution in [-0.4, -0.2) is 24.5 Å². The van der Waals surface area contributed by atoms with Crippen LogP contribution in [0.5, 0.6) is 0 Å². The first kappa shape index (κ1) is 16.6. The number of hydrogen-bond donors (Lipinski definition) is 1. The molecular weight excluding hydrogens is 377 g/mol. The van der Waals surface area contributed by atoms with Crippen LogP contribution in [0.3, 0.4) is 0 Å². The lowest BCUT2D eigenvalue weighted by Crippen LogP contribution is -2.34. The van der Waals surface area contributed by atoms with Crippen molar-refractivity contribution in [2.24, 2.45) is 0 Å². The smallest absolute Gasteiger partial charge is 0.290 e. The third-order valence-electron chi connectivity index (χ3n) is 3.91. The van der Waals surface area contributed by atoms with Gasteiger partial charge in [-0.25, -0.2) is 14.0 Å². The highest BCUT2D eigenvalue weighted by molar-refractivity contribution is 6.31. The van der Waals surface area contributed by atoms with E-state index in [1.54, 1.807) is 24.3 Å². The summed E-state index contributed by atoms with van der Waals surface area (Å²) in [7, 11) is 0. The van der Waals surface area contributed by atoms with Crippen LogP contribution in [0.1, 0.15) is 5.56 Å². The van der Waals surface area contributed by atoms with Crippen LogP contribution in [0.2, 0.25) is 10.0 Å². The molecule has 2 aromatic carbocycles. The van der Waals surface area contributed by atoms with Crippen LogP contribution in [0, 0.1) is 0 Å². The molecule has 0 fully saturated rings. The quantitative estimate of drug-likeness (QED) is 0.585. The van der Waals surface area contributed by atoms with E-state index >= 15 is 0 Å². The Morgan fingerprint density at radius 2 is 1.85 bits per heavy atom. The van der Waals surface area contributed by atoms with Gasteiger partial charge in [-0.05, 0) is 29.8 Å². The van der Waals surface area contributed by atoms with Crippen molar-refractivity contribution in [1.29, 1.82) is 0 Å². The van der Waals surface area contributed by atoms with Gasteiger partial charge in [-0.15, -0.1) is 5.10 Å². The highest BCUT2D eigenvalue weighted by Gasteiger charge is 2.16. The van der Waals surface area contributed by atoms with Gasteiger partial charge < -0.3 is 0 Å². The highest BCUT2D eigenvalue weighted by atomic mass is 35.5. The number of aromatic nitrogens is 5. The summed E-state index contributed by atoms with van der Waals surface area (Å²) in [6.45, 7) is 0.271. The van der Waals surface area contributed by atoms with Gasteiger partial charge in [-0.1, -0.05) is 52.7 Å². The summed E-state index contributed by atoms with van der Waals surface area (Å²) in [5, 5.41) is 8.89. The molecule has 0 saturated carbocycles. The largest absolute Gasteiger partial charge is 0.334 e. The van der Waals surface area contributed by atoms with Gasteiger partial charge in [0.05, 0.1) is 12.2 Å². The second-order valence-electron chi connectivity index (χ2n) is 5.59. The zero-order valence-electron chi connectivity index (χ0n) is 13.2. The first-order valence-corrected chi connectivity index (χ1v) is 8.38. The van der Waals surface area contributed by atoms with Gasteiger partial charge >= 0.3 is 5.69 Å². The Labute approximate surface area is 156 Å². The Morgan fingerprint density at radius 1 is 1.04 bits per heavy atom. The molecule has 0 aliphatic carbocycles. The number of aromatic amines is 1. The van der Waals surface area contributed by atoms with Crippen LogP contribution in [0.25, 0.3) is 16.9 Å². The fourth-order valence-electron chi connectivity index (χ4n) is 2.68. The van der Waals surface area contributed by atoms with Gasteiger partial charge in [-0.3, -0.25) is 9.78 Å². The van der Waals surface area contributed by atoms with Crippen molar-refractivity contribution in [3.8, 4) is 5.69 Å². The molecular formula is C17H11Cl2N5O2. The van der Waals surface area contributed by atoms with E-state index in [9.17, 15) is 9.59 Å². The number of rotatable bonds is 3. The van der Waals surface area contributed by atoms with E-state index in [-0.39, 0.29) is 17.7 Å². The lowest BCUT2D eigenvalue weighted by Gasteiger charge is -2.06. The molecule has 0 unspecified atom stereocenters. The van der Waals surface area contributed by atoms with E-state index in [1.165, 1.54) is 10.7 Å². The number of nitrogens with one attached hydrogen (secondary N) is 1. The summed E-state index contributed by atoms with van der Waals surface area (Å²) < 4.78 is 2.41. The van der Waals surface area contributed by atoms with Gasteiger partial charge in [-0.2, -0.15) is 0 Å². The normalized spacial score (nSPS) is 11.2. The summed E-state index contributed by atoms with van der Waals surface area (Å²) in [5.74, 6) is 0. The third-order valence-corrected chi connectivity index (χ3v) is 4.52. The summed E-state index contributed by atoms with van der Waals surface area (Å²) >= 11 is 12.1. The molecule has 0 amide bonds. The maximum Gasteiger partial charge on any atom is 0.334 e. The molecule has 0 aliphatic heterocycles. The summed E-state index contributed by atoms with van der Waals surface area (Å²) in [4.78, 5) is 27.9. The molecule has 0 radical (unpaired) electrons. The van der Waals surface area contributed by atoms with E-state index in [2.05, 4.69) is 15.3 Å². The maximum atomic E-state index is 12.8. The minimum Gasteiger partial charge on any atom is -0.290 e. The monoisotopic (exact) mass is 387 g/mol. The maximum absolute atomic E-state index is 12.8. The first-order valence-electron chi connectivity index (χ1n) is 7.62. The van der Waals surface area contributed by atoms with E-state index in [1.807, 2.05) is 18.2 Å². The average molecular weight is 388 g/mol. The predicted octanol–water partition coefficient (Wildman–Crippen LogP) is 2.63. The van der Waals surface area contributed by atoms with Crippen LogP contribution < -0.4 is 11.2 Å². The van der Waals surface area contributed by atoms with Gasteiger partial charge in [0.15, 0.2) is 11.2 Å². The lowest BCUT2D eigenvalue weighted by molar-refractivity contribution is 0.663. The highest BCUT2D eigenvalue weighted by Crippen LogP contribution is 2.17. The minimum absolute atomic E-state index is 0.0524. The van der Waals surface area contributed by atoms with Crippen molar-refractivity contribution in [2.75, 3.05) is 0 Å². The van der Waals surface area contributed by atoms with Crippen LogP contribution in [0.4, 0.5) is 0 Å². The molecule has 0 spiro atoms. The summed E-state index contributed by atoms with van der Waals surface area (Å²) in [6, 6.07) is 13.7. The van der Waals surface area contributed by atoms with Crippen LogP contribution in [0.15, 0.2) is 58.1 Å². The SMILES string of the molecule is O=c1[nH]c2c(nnn2Cc2ccccc2Cl)c(=O)n1-c1cccc(Cl)c1. The second kappa shape index (κ2) is 6.44. The first-order chi connectivity index (χ1) is 12.5. The Bertz CT molecular complexity index is 1240. The molecule has 130 valence electrons. The van der Waals surface area contributed by atoms with E-state index in [4.69, 9.17) is 23.2 Å². The number of hydrogen-bond acceptors (Lipinski definition) is 4. The average Bonchev–Trinajstić information content (AvgIpc) is 3.00. The van der Waals surface area contributed by atoms with E-state index in [0.717, 1.165) is 10.1 Å². The molecule has 1 N–H and O–H groups in total. The van der Waals surface area contributed by atoms with E-state index in [0.29, 0.717) is 15.7 Å². The predicted molar refractivity (Wildman–Crippen MR) is 99.3 cm³/mol. The zero-order valence-corrected chi connectivity index (χ0v) is 14.7. The Kier molecular flexibility index (Phi) is 4.10. The van der Waals surface area contributed by atoms with Crippen molar-refractivity contribution in [1.82, 2.24) is 24.5 Å². The third kappa shape index (κ3) is 2.81. The zero-order chi connectivity index (χ0) is 18.3. The number of halogens is 2. The Hall–Kier alpha value is -2.90. The summed E-state index contributed by atoms with van der Waals surface area (Å²) in [6.07, 6.45) is 0. The van der Waals surface area contributed by atoms with E-state index < -0.39 is 11.2 Å². The van der Waals surface area contributed by atoms with Gasteiger partial charge in [0.1, 0.15) is 0 Å². The Balaban J connectivity index is 1.88. The minimum atomic E-state index is -0.604. The number of nitrogens with zero attached hydrogens (tertiary/aromatic N) is 4. The van der Waals surface area contributed by atoms with Gasteiger partial charge in [0.25, 0.3) is 5.56 Å². The van der Waals surface area contributed by atoms with Gasteiger partial charge in [0.2, 0.25) is 0 Å². The molecule has 4 aromatic rings. The fourth-order valence-corrected chi connectivity index (χ4v) is 3.06. The molecule has 4 rings (SSSR count). The topological polar surface area (TPSA) is 85.6 Å². The molecule has 0 saturated heterocycles. The number of benzene rings is 2. The molecule has 9 heteroatoms. The molecule has 2 aromatic heterocycles. The molecule has 0 atom stereocenters. The molecule has 2 heterocycles.